The summed E-state index contributed by atoms with van der Waals surface area (Å²) in [5, 5.41) is 13.4. The van der Waals surface area contributed by atoms with E-state index >= 15 is 0 Å². The maximum atomic E-state index is 14.9. The third kappa shape index (κ3) is 3.37. The molecule has 8 nitrogen and oxygen atoms in total. The van der Waals surface area contributed by atoms with Crippen molar-refractivity contribution in [3.05, 3.63) is 42.0 Å². The summed E-state index contributed by atoms with van der Waals surface area (Å²) in [6, 6.07) is 4.76. The molecule has 9 heteroatoms. The fourth-order valence-corrected chi connectivity index (χ4v) is 3.66. The van der Waals surface area contributed by atoms with Crippen molar-refractivity contribution in [2.24, 2.45) is 0 Å². The van der Waals surface area contributed by atoms with Crippen molar-refractivity contribution in [2.75, 3.05) is 36.9 Å². The topological polar surface area (TPSA) is 100 Å². The Labute approximate surface area is 172 Å². The lowest BCUT2D eigenvalue weighted by molar-refractivity contribution is 0.243. The SMILES string of the molecule is Cc1c(-c2cc3cc(NC(=O)NC4CNC4)ncc3cc2F)cnc2c1NCCO2. The highest BCUT2D eigenvalue weighted by Crippen LogP contribution is 2.37. The molecule has 0 aliphatic carbocycles. The molecule has 4 heterocycles. The van der Waals surface area contributed by atoms with Crippen LogP contribution < -0.4 is 26.0 Å². The number of benzene rings is 1. The average molecular weight is 408 g/mol. The van der Waals surface area contributed by atoms with Gasteiger partial charge in [0.2, 0.25) is 5.88 Å². The van der Waals surface area contributed by atoms with Crippen molar-refractivity contribution in [2.45, 2.75) is 13.0 Å². The molecule has 30 heavy (non-hydrogen) atoms. The number of nitrogens with one attached hydrogen (secondary N) is 4. The number of amides is 2. The molecule has 5 rings (SSSR count). The molecule has 4 N–H and O–H groups in total. The Balaban J connectivity index is 1.48. The smallest absolute Gasteiger partial charge is 0.320 e. The molecular weight excluding hydrogens is 387 g/mol. The van der Waals surface area contributed by atoms with Crippen molar-refractivity contribution in [1.82, 2.24) is 20.6 Å². The zero-order chi connectivity index (χ0) is 20.7. The summed E-state index contributed by atoms with van der Waals surface area (Å²) in [6.07, 6.45) is 3.18. The van der Waals surface area contributed by atoms with Gasteiger partial charge in [-0.1, -0.05) is 0 Å². The van der Waals surface area contributed by atoms with Gasteiger partial charge in [-0.25, -0.2) is 19.2 Å². The quantitative estimate of drug-likeness (QED) is 0.532. The van der Waals surface area contributed by atoms with E-state index in [2.05, 4.69) is 31.2 Å². The Kier molecular flexibility index (Phi) is 4.59. The van der Waals surface area contributed by atoms with E-state index in [0.29, 0.717) is 41.4 Å². The summed E-state index contributed by atoms with van der Waals surface area (Å²) in [5.41, 5.74) is 2.79. The zero-order valence-electron chi connectivity index (χ0n) is 16.4. The van der Waals surface area contributed by atoms with Gasteiger partial charge in [0.25, 0.3) is 0 Å². The first-order valence-electron chi connectivity index (χ1n) is 9.82. The number of aromatic nitrogens is 2. The third-order valence-corrected chi connectivity index (χ3v) is 5.40. The summed E-state index contributed by atoms with van der Waals surface area (Å²) in [7, 11) is 0. The molecule has 2 aliphatic heterocycles. The second kappa shape index (κ2) is 7.42. The maximum absolute atomic E-state index is 14.9. The molecule has 154 valence electrons. The first-order chi connectivity index (χ1) is 14.6. The standard InChI is InChI=1S/C21H21FN6O2/c1-11-16(10-26-20-19(11)24-2-3-30-20)15-4-12-6-18(25-7-13(12)5-17(15)22)28-21(29)27-14-8-23-9-14/h4-7,10,14,23-24H,2-3,8-9H2,1H3,(H2,25,27,28,29). The Morgan fingerprint density at radius 3 is 2.83 bits per heavy atom. The number of nitrogens with zero attached hydrogens (tertiary/aromatic N) is 2. The lowest BCUT2D eigenvalue weighted by atomic mass is 9.98. The Morgan fingerprint density at radius 2 is 2.03 bits per heavy atom. The number of rotatable bonds is 3. The molecule has 3 aromatic rings. The van der Waals surface area contributed by atoms with Crippen LogP contribution in [0.25, 0.3) is 21.9 Å². The lowest BCUT2D eigenvalue weighted by Gasteiger charge is -2.27. The van der Waals surface area contributed by atoms with E-state index in [0.717, 1.165) is 29.7 Å². The van der Waals surface area contributed by atoms with Crippen LogP contribution in [0.4, 0.5) is 20.7 Å². The van der Waals surface area contributed by atoms with Crippen LogP contribution in [0, 0.1) is 12.7 Å². The van der Waals surface area contributed by atoms with E-state index in [1.807, 2.05) is 6.92 Å². The van der Waals surface area contributed by atoms with E-state index in [4.69, 9.17) is 4.74 Å². The average Bonchev–Trinajstić information content (AvgIpc) is 2.71. The number of anilines is 2. The monoisotopic (exact) mass is 408 g/mol. The van der Waals surface area contributed by atoms with Gasteiger partial charge in [0, 0.05) is 48.5 Å². The normalized spacial score (nSPS) is 15.5. The second-order valence-electron chi connectivity index (χ2n) is 7.45. The third-order valence-electron chi connectivity index (χ3n) is 5.40. The molecule has 0 unspecified atom stereocenters. The fraction of sp³-hybridized carbons (Fsp3) is 0.286. The number of fused-ring (bicyclic) bond motifs is 2. The van der Waals surface area contributed by atoms with E-state index in [-0.39, 0.29) is 17.9 Å². The highest BCUT2D eigenvalue weighted by Gasteiger charge is 2.20. The number of urea groups is 1. The molecule has 2 amide bonds. The number of carbonyl (C=O) groups is 1. The zero-order valence-corrected chi connectivity index (χ0v) is 16.4. The fourth-order valence-electron chi connectivity index (χ4n) is 3.66. The molecule has 1 saturated heterocycles. The van der Waals surface area contributed by atoms with Gasteiger partial charge in [0.15, 0.2) is 0 Å². The van der Waals surface area contributed by atoms with Crippen LogP contribution in [0.5, 0.6) is 5.88 Å². The van der Waals surface area contributed by atoms with E-state index < -0.39 is 0 Å². The van der Waals surface area contributed by atoms with Gasteiger partial charge in [-0.3, -0.25) is 5.32 Å². The minimum atomic E-state index is -0.359. The number of carbonyl (C=O) groups excluding carboxylic acids is 1. The number of hydrogen-bond acceptors (Lipinski definition) is 6. The van der Waals surface area contributed by atoms with Crippen molar-refractivity contribution in [3.8, 4) is 17.0 Å². The molecule has 1 fully saturated rings. The Hall–Kier alpha value is -3.46. The van der Waals surface area contributed by atoms with Crippen LogP contribution in [0.15, 0.2) is 30.6 Å². The van der Waals surface area contributed by atoms with Gasteiger partial charge >= 0.3 is 6.03 Å². The number of halogens is 1. The van der Waals surface area contributed by atoms with Gasteiger partial charge in [-0.2, -0.15) is 0 Å². The van der Waals surface area contributed by atoms with Gasteiger partial charge in [0.1, 0.15) is 23.9 Å². The van der Waals surface area contributed by atoms with Crippen LogP contribution in [0.3, 0.4) is 0 Å². The molecule has 1 aromatic carbocycles. The maximum Gasteiger partial charge on any atom is 0.320 e. The lowest BCUT2D eigenvalue weighted by Crippen LogP contribution is -2.57. The molecule has 0 atom stereocenters. The van der Waals surface area contributed by atoms with Gasteiger partial charge in [0.05, 0.1) is 6.04 Å². The predicted octanol–water partition coefficient (Wildman–Crippen LogP) is 2.64. The second-order valence-corrected chi connectivity index (χ2v) is 7.45. The molecular formula is C21H21FN6O2. The first-order valence-corrected chi connectivity index (χ1v) is 9.82. The summed E-state index contributed by atoms with van der Waals surface area (Å²) in [6.45, 7) is 4.67. The Bertz CT molecular complexity index is 1150. The van der Waals surface area contributed by atoms with Crippen molar-refractivity contribution in [1.29, 1.82) is 0 Å². The molecule has 0 radical (unpaired) electrons. The highest BCUT2D eigenvalue weighted by atomic mass is 19.1. The number of pyridine rings is 2. The van der Waals surface area contributed by atoms with Crippen LogP contribution in [-0.2, 0) is 0 Å². The predicted molar refractivity (Wildman–Crippen MR) is 112 cm³/mol. The van der Waals surface area contributed by atoms with Gasteiger partial charge in [-0.05, 0) is 36.1 Å². The Morgan fingerprint density at radius 1 is 1.17 bits per heavy atom. The van der Waals surface area contributed by atoms with Gasteiger partial charge < -0.3 is 20.7 Å². The van der Waals surface area contributed by atoms with Crippen LogP contribution in [0.1, 0.15) is 5.56 Å². The minimum absolute atomic E-state index is 0.128. The largest absolute Gasteiger partial charge is 0.474 e. The first kappa shape index (κ1) is 18.6. The van der Waals surface area contributed by atoms with E-state index in [1.165, 1.54) is 6.07 Å². The summed E-state index contributed by atoms with van der Waals surface area (Å²) < 4.78 is 20.5. The summed E-state index contributed by atoms with van der Waals surface area (Å²) >= 11 is 0. The molecule has 2 aliphatic rings. The number of hydrogen-bond donors (Lipinski definition) is 4. The molecule has 0 saturated carbocycles. The van der Waals surface area contributed by atoms with Crippen molar-refractivity contribution >= 4 is 28.3 Å². The highest BCUT2D eigenvalue weighted by molar-refractivity contribution is 5.94. The van der Waals surface area contributed by atoms with E-state index in [1.54, 1.807) is 24.5 Å². The summed E-state index contributed by atoms with van der Waals surface area (Å²) in [4.78, 5) is 20.7. The van der Waals surface area contributed by atoms with Crippen LogP contribution >= 0.6 is 0 Å². The van der Waals surface area contributed by atoms with Crippen LogP contribution in [0.2, 0.25) is 0 Å². The minimum Gasteiger partial charge on any atom is -0.474 e. The number of ether oxygens (including phenoxy) is 1. The molecule has 2 aromatic heterocycles. The van der Waals surface area contributed by atoms with Crippen LogP contribution in [-0.4, -0.2) is 48.3 Å². The molecule has 0 bridgehead atoms. The van der Waals surface area contributed by atoms with E-state index in [9.17, 15) is 9.18 Å². The van der Waals surface area contributed by atoms with Crippen molar-refractivity contribution in [3.63, 3.8) is 0 Å². The summed E-state index contributed by atoms with van der Waals surface area (Å²) in [5.74, 6) is 0.578. The molecule has 0 spiro atoms. The van der Waals surface area contributed by atoms with Crippen molar-refractivity contribution < 1.29 is 13.9 Å². The van der Waals surface area contributed by atoms with Gasteiger partial charge in [-0.15, -0.1) is 0 Å².